The molecule has 0 aliphatic rings. The quantitative estimate of drug-likeness (QED) is 0.693. The van der Waals surface area contributed by atoms with Crippen molar-refractivity contribution in [2.24, 2.45) is 0 Å². The lowest BCUT2D eigenvalue weighted by Crippen LogP contribution is -2.29. The summed E-state index contributed by atoms with van der Waals surface area (Å²) in [6, 6.07) is 12.7. The van der Waals surface area contributed by atoms with Gasteiger partial charge in [0.25, 0.3) is 0 Å². The fraction of sp³-hybridized carbons (Fsp3) is 0.286. The molecule has 2 rings (SSSR count). The zero-order chi connectivity index (χ0) is 18.6. The molecule has 0 bridgehead atoms. The highest BCUT2D eigenvalue weighted by Crippen LogP contribution is 2.32. The smallest absolute Gasteiger partial charge is 0.381 e. The van der Waals surface area contributed by atoms with Crippen LogP contribution < -0.4 is 0 Å². The Morgan fingerprint density at radius 3 is 2.24 bits per heavy atom. The van der Waals surface area contributed by atoms with Gasteiger partial charge in [-0.25, -0.2) is 4.79 Å². The third kappa shape index (κ3) is 4.32. The molecule has 0 saturated carbocycles. The van der Waals surface area contributed by atoms with Crippen molar-refractivity contribution in [2.75, 3.05) is 6.61 Å². The highest BCUT2D eigenvalue weighted by molar-refractivity contribution is 5.88. The summed E-state index contributed by atoms with van der Waals surface area (Å²) in [6.45, 7) is 7.20. The lowest BCUT2D eigenvalue weighted by atomic mass is 9.90. The molecule has 0 aliphatic carbocycles. The summed E-state index contributed by atoms with van der Waals surface area (Å²) >= 11 is 0. The predicted molar refractivity (Wildman–Crippen MR) is 95.8 cm³/mol. The average Bonchev–Trinajstić information content (AvgIpc) is 2.57. The molecule has 25 heavy (non-hydrogen) atoms. The van der Waals surface area contributed by atoms with E-state index >= 15 is 0 Å². The van der Waals surface area contributed by atoms with Crippen molar-refractivity contribution in [3.63, 3.8) is 0 Å². The summed E-state index contributed by atoms with van der Waals surface area (Å²) < 4.78 is 33.3. The van der Waals surface area contributed by atoms with E-state index in [9.17, 15) is 13.6 Å². The van der Waals surface area contributed by atoms with Gasteiger partial charge in [0.05, 0.1) is 6.61 Å². The van der Waals surface area contributed by atoms with Gasteiger partial charge in [-0.15, -0.1) is 0 Å². The largest absolute Gasteiger partial charge is 0.461 e. The lowest BCUT2D eigenvalue weighted by molar-refractivity contribution is -0.164. The molecule has 0 unspecified atom stereocenters. The SMILES string of the molecule is CCOC(=O)C(F)(F)/C=C(/c1ccccc1)c1cc(C)c(C)cc1C. The molecule has 0 saturated heterocycles. The molecule has 0 radical (unpaired) electrons. The molecule has 0 amide bonds. The Hall–Kier alpha value is -2.49. The molecule has 0 atom stereocenters. The van der Waals surface area contributed by atoms with Crippen LogP contribution in [0.3, 0.4) is 0 Å². The van der Waals surface area contributed by atoms with E-state index in [1.807, 2.05) is 39.0 Å². The first-order chi connectivity index (χ1) is 11.8. The van der Waals surface area contributed by atoms with Crippen LogP contribution in [0.25, 0.3) is 5.57 Å². The number of hydrogen-bond acceptors (Lipinski definition) is 2. The van der Waals surface area contributed by atoms with E-state index in [1.54, 1.807) is 24.3 Å². The zero-order valence-electron chi connectivity index (χ0n) is 14.9. The fourth-order valence-corrected chi connectivity index (χ4v) is 2.65. The van der Waals surface area contributed by atoms with Crippen LogP contribution in [0.4, 0.5) is 8.78 Å². The van der Waals surface area contributed by atoms with Gasteiger partial charge in [-0.2, -0.15) is 8.78 Å². The number of alkyl halides is 2. The number of benzene rings is 2. The van der Waals surface area contributed by atoms with Crippen molar-refractivity contribution in [2.45, 2.75) is 33.6 Å². The molecule has 4 heteroatoms. The van der Waals surface area contributed by atoms with E-state index in [-0.39, 0.29) is 6.61 Å². The molecule has 0 fully saturated rings. The molecule has 2 aromatic rings. The van der Waals surface area contributed by atoms with Gasteiger partial charge in [0.1, 0.15) is 0 Å². The molecular weight excluding hydrogens is 322 g/mol. The number of rotatable bonds is 5. The first kappa shape index (κ1) is 18.8. The Balaban J connectivity index is 2.66. The molecular formula is C21H22F2O2. The van der Waals surface area contributed by atoms with Crippen LogP contribution in [0, 0.1) is 20.8 Å². The Morgan fingerprint density at radius 1 is 1.04 bits per heavy atom. The standard InChI is InChI=1S/C21H22F2O2/c1-5-25-20(24)21(22,23)13-19(17-9-7-6-8-10-17)18-12-15(3)14(2)11-16(18)4/h6-13H,5H2,1-4H3/b19-13-. The van der Waals surface area contributed by atoms with Crippen molar-refractivity contribution in [1.29, 1.82) is 0 Å². The molecule has 0 aromatic heterocycles. The summed E-state index contributed by atoms with van der Waals surface area (Å²) in [7, 11) is 0. The number of carbonyl (C=O) groups is 1. The van der Waals surface area contributed by atoms with Crippen LogP contribution in [0.5, 0.6) is 0 Å². The third-order valence-electron chi connectivity index (χ3n) is 4.09. The minimum absolute atomic E-state index is 0.0917. The van der Waals surface area contributed by atoms with Crippen LogP contribution in [-0.4, -0.2) is 18.5 Å². The minimum Gasteiger partial charge on any atom is -0.461 e. The Bertz CT molecular complexity index is 793. The van der Waals surface area contributed by atoms with Crippen LogP contribution in [0.2, 0.25) is 0 Å². The second-order valence-electron chi connectivity index (χ2n) is 6.02. The van der Waals surface area contributed by atoms with Crippen molar-refractivity contribution in [3.8, 4) is 0 Å². The van der Waals surface area contributed by atoms with Crippen molar-refractivity contribution in [1.82, 2.24) is 0 Å². The summed E-state index contributed by atoms with van der Waals surface area (Å²) in [6.07, 6.45) is 0.706. The topological polar surface area (TPSA) is 26.3 Å². The zero-order valence-corrected chi connectivity index (χ0v) is 14.9. The van der Waals surface area contributed by atoms with Crippen molar-refractivity contribution >= 4 is 11.5 Å². The fourth-order valence-electron chi connectivity index (χ4n) is 2.65. The van der Waals surface area contributed by atoms with E-state index < -0.39 is 11.9 Å². The average molecular weight is 344 g/mol. The first-order valence-corrected chi connectivity index (χ1v) is 8.17. The molecule has 0 heterocycles. The lowest BCUT2D eigenvalue weighted by Gasteiger charge is -2.17. The van der Waals surface area contributed by atoms with Gasteiger partial charge in [0.2, 0.25) is 0 Å². The summed E-state index contributed by atoms with van der Waals surface area (Å²) in [5.41, 5.74) is 4.58. The highest BCUT2D eigenvalue weighted by Gasteiger charge is 2.39. The summed E-state index contributed by atoms with van der Waals surface area (Å²) in [5, 5.41) is 0. The van der Waals surface area contributed by atoms with Crippen LogP contribution in [0.1, 0.15) is 34.7 Å². The second-order valence-corrected chi connectivity index (χ2v) is 6.02. The normalized spacial score (nSPS) is 12.2. The third-order valence-corrected chi connectivity index (χ3v) is 4.09. The molecule has 132 valence electrons. The van der Waals surface area contributed by atoms with Gasteiger partial charge in [0.15, 0.2) is 0 Å². The van der Waals surface area contributed by atoms with E-state index in [1.165, 1.54) is 6.92 Å². The van der Waals surface area contributed by atoms with E-state index in [4.69, 9.17) is 0 Å². The minimum atomic E-state index is -3.70. The molecule has 0 spiro atoms. The molecule has 0 aliphatic heterocycles. The van der Waals surface area contributed by atoms with Crippen LogP contribution in [-0.2, 0) is 9.53 Å². The second kappa shape index (κ2) is 7.60. The number of ether oxygens (including phenoxy) is 1. The van der Waals surface area contributed by atoms with Crippen LogP contribution in [0.15, 0.2) is 48.5 Å². The maximum Gasteiger partial charge on any atom is 0.381 e. The molecule has 2 nitrogen and oxygen atoms in total. The van der Waals surface area contributed by atoms with Gasteiger partial charge in [0, 0.05) is 6.08 Å². The van der Waals surface area contributed by atoms with Gasteiger partial charge in [-0.05, 0) is 61.1 Å². The van der Waals surface area contributed by atoms with Gasteiger partial charge in [-0.1, -0.05) is 42.5 Å². The molecule has 2 aromatic carbocycles. The monoisotopic (exact) mass is 344 g/mol. The van der Waals surface area contributed by atoms with Gasteiger partial charge >= 0.3 is 11.9 Å². The Kier molecular flexibility index (Phi) is 5.73. The maximum absolute atomic E-state index is 14.4. The van der Waals surface area contributed by atoms with Crippen LogP contribution >= 0.6 is 0 Å². The summed E-state index contributed by atoms with van der Waals surface area (Å²) in [4.78, 5) is 11.7. The van der Waals surface area contributed by atoms with Gasteiger partial charge < -0.3 is 4.74 Å². The molecule has 0 N–H and O–H groups in total. The van der Waals surface area contributed by atoms with E-state index in [0.717, 1.165) is 16.7 Å². The Morgan fingerprint density at radius 2 is 1.64 bits per heavy atom. The number of hydrogen-bond donors (Lipinski definition) is 0. The number of esters is 1. The van der Waals surface area contributed by atoms with Crippen molar-refractivity contribution < 1.29 is 18.3 Å². The first-order valence-electron chi connectivity index (χ1n) is 8.17. The number of aryl methyl sites for hydroxylation is 3. The van der Waals surface area contributed by atoms with Gasteiger partial charge in [-0.3, -0.25) is 0 Å². The predicted octanol–water partition coefficient (Wildman–Crippen LogP) is 5.24. The number of halogens is 2. The maximum atomic E-state index is 14.4. The van der Waals surface area contributed by atoms with E-state index in [0.29, 0.717) is 22.8 Å². The highest BCUT2D eigenvalue weighted by atomic mass is 19.3. The number of carbonyl (C=O) groups excluding carboxylic acids is 1. The summed E-state index contributed by atoms with van der Waals surface area (Å²) in [5.74, 6) is -5.24. The Labute approximate surface area is 147 Å². The van der Waals surface area contributed by atoms with E-state index in [2.05, 4.69) is 4.74 Å². The van der Waals surface area contributed by atoms with Crippen molar-refractivity contribution in [3.05, 3.63) is 76.4 Å².